The van der Waals surface area contributed by atoms with Crippen LogP contribution >= 0.6 is 11.8 Å². The van der Waals surface area contributed by atoms with Crippen LogP contribution in [0, 0.1) is 0 Å². The van der Waals surface area contributed by atoms with Crippen LogP contribution in [0.15, 0.2) is 30.5 Å². The summed E-state index contributed by atoms with van der Waals surface area (Å²) in [7, 11) is 0. The van der Waals surface area contributed by atoms with Gasteiger partial charge in [0.15, 0.2) is 0 Å². The molecule has 0 aliphatic heterocycles. The molecule has 4 N–H and O–H groups in total. The number of nitrogens with one attached hydrogen (secondary N) is 3. The van der Waals surface area contributed by atoms with E-state index >= 15 is 0 Å². The fraction of sp³-hybridized carbons (Fsp3) is 0.353. The predicted octanol–water partition coefficient (Wildman–Crippen LogP) is 1.15. The van der Waals surface area contributed by atoms with Crippen molar-refractivity contribution in [2.24, 2.45) is 0 Å². The van der Waals surface area contributed by atoms with Crippen molar-refractivity contribution >= 4 is 41.0 Å². The number of amides is 2. The van der Waals surface area contributed by atoms with E-state index in [0.717, 1.165) is 16.5 Å². The highest BCUT2D eigenvalue weighted by atomic mass is 32.2. The number of para-hydroxylation sites is 1. The summed E-state index contributed by atoms with van der Waals surface area (Å²) in [5, 5.41) is 15.4. The molecule has 0 aliphatic rings. The van der Waals surface area contributed by atoms with Crippen molar-refractivity contribution in [1.29, 1.82) is 0 Å². The molecule has 0 spiro atoms. The second kappa shape index (κ2) is 9.12. The number of hydrogen-bond acceptors (Lipinski definition) is 4. The van der Waals surface area contributed by atoms with Gasteiger partial charge in [0.1, 0.15) is 12.1 Å². The average molecular weight is 363 g/mol. The Labute approximate surface area is 149 Å². The Morgan fingerprint density at radius 2 is 2.08 bits per heavy atom. The fourth-order valence-electron chi connectivity index (χ4n) is 2.60. The third-order valence-electron chi connectivity index (χ3n) is 3.91. The van der Waals surface area contributed by atoms with E-state index in [0.29, 0.717) is 18.6 Å². The summed E-state index contributed by atoms with van der Waals surface area (Å²) in [5.74, 6) is -0.930. The summed E-state index contributed by atoms with van der Waals surface area (Å²) in [5.41, 5.74) is 1.72. The molecule has 2 atom stereocenters. The minimum Gasteiger partial charge on any atom is -0.480 e. The highest BCUT2D eigenvalue weighted by molar-refractivity contribution is 7.98. The third kappa shape index (κ3) is 4.99. The number of aromatic nitrogens is 1. The normalized spacial score (nSPS) is 13.2. The highest BCUT2D eigenvalue weighted by Crippen LogP contribution is 2.19. The summed E-state index contributed by atoms with van der Waals surface area (Å²) >= 11 is 1.55. The largest absolute Gasteiger partial charge is 0.480 e. The number of carbonyl (C=O) groups excluding carboxylic acids is 2. The second-order valence-electron chi connectivity index (χ2n) is 5.58. The summed E-state index contributed by atoms with van der Waals surface area (Å²) < 4.78 is 0. The predicted molar refractivity (Wildman–Crippen MR) is 97.6 cm³/mol. The van der Waals surface area contributed by atoms with E-state index in [1.165, 1.54) is 0 Å². The maximum absolute atomic E-state index is 12.3. The van der Waals surface area contributed by atoms with Gasteiger partial charge < -0.3 is 20.7 Å². The zero-order chi connectivity index (χ0) is 18.2. The minimum atomic E-state index is -1.12. The topological polar surface area (TPSA) is 111 Å². The minimum absolute atomic E-state index is 0.154. The van der Waals surface area contributed by atoms with Gasteiger partial charge in [-0.25, -0.2) is 4.79 Å². The molecule has 0 saturated carbocycles. The molecular weight excluding hydrogens is 342 g/mol. The lowest BCUT2D eigenvalue weighted by Crippen LogP contribution is -2.50. The van der Waals surface area contributed by atoms with Gasteiger partial charge in [0.2, 0.25) is 12.3 Å². The van der Waals surface area contributed by atoms with Gasteiger partial charge in [-0.15, -0.1) is 0 Å². The number of H-pyrrole nitrogens is 1. The molecule has 1 heterocycles. The van der Waals surface area contributed by atoms with E-state index in [2.05, 4.69) is 15.6 Å². The first-order chi connectivity index (χ1) is 12.1. The van der Waals surface area contributed by atoms with Crippen molar-refractivity contribution < 1.29 is 19.5 Å². The molecule has 1 aromatic heterocycles. The monoisotopic (exact) mass is 363 g/mol. The number of aliphatic carboxylic acids is 1. The van der Waals surface area contributed by atoms with Gasteiger partial charge in [-0.3, -0.25) is 9.59 Å². The van der Waals surface area contributed by atoms with Crippen molar-refractivity contribution in [3.8, 4) is 0 Å². The van der Waals surface area contributed by atoms with Crippen molar-refractivity contribution in [3.63, 3.8) is 0 Å². The summed E-state index contributed by atoms with van der Waals surface area (Å²) in [4.78, 5) is 37.7. The van der Waals surface area contributed by atoms with Crippen LogP contribution in [0.2, 0.25) is 0 Å². The van der Waals surface area contributed by atoms with Crippen LogP contribution in [0.4, 0.5) is 0 Å². The van der Waals surface area contributed by atoms with Gasteiger partial charge in [-0.1, -0.05) is 18.2 Å². The highest BCUT2D eigenvalue weighted by Gasteiger charge is 2.25. The van der Waals surface area contributed by atoms with Gasteiger partial charge in [0, 0.05) is 23.5 Å². The maximum atomic E-state index is 12.3. The first kappa shape index (κ1) is 18.9. The van der Waals surface area contributed by atoms with E-state index < -0.39 is 24.0 Å². The Kier molecular flexibility index (Phi) is 6.88. The van der Waals surface area contributed by atoms with Gasteiger partial charge >= 0.3 is 5.97 Å². The fourth-order valence-corrected chi connectivity index (χ4v) is 3.07. The van der Waals surface area contributed by atoms with Crippen LogP contribution < -0.4 is 10.6 Å². The van der Waals surface area contributed by atoms with Crippen molar-refractivity contribution in [2.75, 3.05) is 12.0 Å². The van der Waals surface area contributed by atoms with E-state index in [-0.39, 0.29) is 6.42 Å². The molecule has 0 unspecified atom stereocenters. The molecule has 2 rings (SSSR count). The zero-order valence-corrected chi connectivity index (χ0v) is 14.6. The number of hydrogen-bond donors (Lipinski definition) is 4. The number of carbonyl (C=O) groups is 3. The van der Waals surface area contributed by atoms with Crippen LogP contribution in [0.3, 0.4) is 0 Å². The number of rotatable bonds is 10. The number of carboxylic acid groups (broad SMARTS) is 1. The number of thioether (sulfide) groups is 1. The molecule has 0 saturated heterocycles. The molecule has 2 aromatic rings. The molecule has 2 amide bonds. The van der Waals surface area contributed by atoms with Gasteiger partial charge in [-0.05, 0) is 30.1 Å². The molecule has 0 bridgehead atoms. The number of carboxylic acids is 1. The van der Waals surface area contributed by atoms with Crippen molar-refractivity contribution in [3.05, 3.63) is 36.0 Å². The number of benzene rings is 1. The molecule has 1 aromatic carbocycles. The first-order valence-corrected chi connectivity index (χ1v) is 9.23. The Morgan fingerprint density at radius 3 is 2.76 bits per heavy atom. The van der Waals surface area contributed by atoms with Crippen LogP contribution in [0.1, 0.15) is 12.0 Å². The lowest BCUT2D eigenvalue weighted by atomic mass is 10.0. The zero-order valence-electron chi connectivity index (χ0n) is 13.8. The molecule has 8 heteroatoms. The molecule has 134 valence electrons. The second-order valence-corrected chi connectivity index (χ2v) is 6.57. The standard InChI is InChI=1S/C17H21N3O4S/c1-25-7-6-14(19-10-21)16(22)20-15(17(23)24)8-11-9-18-13-5-3-2-4-12(11)13/h2-5,9-10,14-15,18H,6-8H2,1H3,(H,19,21)(H,20,22)(H,23,24)/t14-,15+/m0/s1. The average Bonchev–Trinajstić information content (AvgIpc) is 3.01. The molecule has 25 heavy (non-hydrogen) atoms. The summed E-state index contributed by atoms with van der Waals surface area (Å²) in [6.07, 6.45) is 4.70. The smallest absolute Gasteiger partial charge is 0.326 e. The van der Waals surface area contributed by atoms with E-state index in [1.807, 2.05) is 30.5 Å². The lowest BCUT2D eigenvalue weighted by Gasteiger charge is -2.19. The van der Waals surface area contributed by atoms with Crippen LogP contribution in [0.25, 0.3) is 10.9 Å². The molecule has 0 fully saturated rings. The molecular formula is C17H21N3O4S. The third-order valence-corrected chi connectivity index (χ3v) is 4.55. The number of fused-ring (bicyclic) bond motifs is 1. The van der Waals surface area contributed by atoms with Crippen molar-refractivity contribution in [2.45, 2.75) is 24.9 Å². The van der Waals surface area contributed by atoms with Gasteiger partial charge in [-0.2, -0.15) is 11.8 Å². The Bertz CT molecular complexity index is 746. The van der Waals surface area contributed by atoms with Gasteiger partial charge in [0.05, 0.1) is 0 Å². The molecule has 0 aliphatic carbocycles. The summed E-state index contributed by atoms with van der Waals surface area (Å²) in [6.45, 7) is 0. The van der Waals surface area contributed by atoms with Crippen LogP contribution in [0.5, 0.6) is 0 Å². The Hall–Kier alpha value is -2.48. The van der Waals surface area contributed by atoms with Crippen LogP contribution in [-0.4, -0.2) is 52.5 Å². The Balaban J connectivity index is 2.10. The Morgan fingerprint density at radius 1 is 1.32 bits per heavy atom. The van der Waals surface area contributed by atoms with Crippen LogP contribution in [-0.2, 0) is 20.8 Å². The van der Waals surface area contributed by atoms with E-state index in [4.69, 9.17) is 0 Å². The first-order valence-electron chi connectivity index (χ1n) is 7.83. The summed E-state index contributed by atoms with van der Waals surface area (Å²) in [6, 6.07) is 5.75. The van der Waals surface area contributed by atoms with E-state index in [9.17, 15) is 19.5 Å². The molecule has 7 nitrogen and oxygen atoms in total. The number of aromatic amines is 1. The lowest BCUT2D eigenvalue weighted by molar-refractivity contribution is -0.142. The van der Waals surface area contributed by atoms with Gasteiger partial charge in [0.25, 0.3) is 0 Å². The SMILES string of the molecule is CSCC[C@H](NC=O)C(=O)N[C@H](Cc1c[nH]c2ccccc12)C(=O)O. The van der Waals surface area contributed by atoms with E-state index in [1.54, 1.807) is 18.0 Å². The quantitative estimate of drug-likeness (QED) is 0.473. The maximum Gasteiger partial charge on any atom is 0.326 e. The van der Waals surface area contributed by atoms with Crippen molar-refractivity contribution in [1.82, 2.24) is 15.6 Å². The molecule has 0 radical (unpaired) electrons.